The maximum Gasteiger partial charge on any atom is 0.222 e. The van der Waals surface area contributed by atoms with Gasteiger partial charge in [0.25, 0.3) is 0 Å². The van der Waals surface area contributed by atoms with E-state index < -0.39 is 0 Å². The molecule has 33 heavy (non-hydrogen) atoms. The van der Waals surface area contributed by atoms with E-state index in [4.69, 9.17) is 23.8 Å². The Morgan fingerprint density at radius 1 is 1.12 bits per heavy atom. The van der Waals surface area contributed by atoms with Crippen LogP contribution in [0.4, 0.5) is 11.5 Å². The molecule has 6 nitrogen and oxygen atoms in total. The van der Waals surface area contributed by atoms with E-state index in [1.54, 1.807) is 0 Å². The summed E-state index contributed by atoms with van der Waals surface area (Å²) in [6.07, 6.45) is 3.49. The van der Waals surface area contributed by atoms with Crippen LogP contribution in [0, 0.1) is 11.7 Å². The second-order valence-corrected chi connectivity index (χ2v) is 9.30. The molecule has 0 saturated carbocycles. The Morgan fingerprint density at radius 3 is 2.73 bits per heavy atom. The topological polar surface area (TPSA) is 64.3 Å². The largest absolute Gasteiger partial charge is 0.369 e. The Balaban J connectivity index is 1.17. The Morgan fingerprint density at radius 2 is 1.91 bits per heavy atom. The van der Waals surface area contributed by atoms with E-state index in [-0.39, 0.29) is 5.91 Å². The van der Waals surface area contributed by atoms with Gasteiger partial charge in [0.1, 0.15) is 5.82 Å². The van der Waals surface area contributed by atoms with Gasteiger partial charge in [-0.15, -0.1) is 0 Å². The number of unbranched alkanes of at least 4 members (excludes halogenated alkanes) is 2. The Bertz CT molecular complexity index is 1170. The number of aromatic amines is 1. The fourth-order valence-electron chi connectivity index (χ4n) is 4.30. The molecule has 0 aliphatic carbocycles. The maximum atomic E-state index is 12.6. The third-order valence-corrected chi connectivity index (χ3v) is 6.57. The van der Waals surface area contributed by atoms with Gasteiger partial charge in [0.15, 0.2) is 4.77 Å². The number of nitrogens with one attached hydrogen (secondary N) is 2. The molecule has 0 bridgehead atoms. The van der Waals surface area contributed by atoms with E-state index in [0.29, 0.717) is 11.2 Å². The number of H-pyrrole nitrogens is 1. The number of rotatable bonds is 8. The number of halogens is 1. The number of nitrogens with zero attached hydrogens (tertiary/aromatic N) is 3. The van der Waals surface area contributed by atoms with Crippen molar-refractivity contribution in [2.24, 2.45) is 0 Å². The summed E-state index contributed by atoms with van der Waals surface area (Å²) in [5.74, 6) is 1.07. The highest BCUT2D eigenvalue weighted by molar-refractivity contribution is 7.71. The lowest BCUT2D eigenvalue weighted by Crippen LogP contribution is -2.49. The predicted octanol–water partition coefficient (Wildman–Crippen LogP) is 5.58. The number of piperazine rings is 1. The van der Waals surface area contributed by atoms with Crippen molar-refractivity contribution in [1.29, 1.82) is 0 Å². The van der Waals surface area contributed by atoms with E-state index in [0.717, 1.165) is 73.7 Å². The molecule has 2 N–H and O–H groups in total. The van der Waals surface area contributed by atoms with Gasteiger partial charge in [-0.1, -0.05) is 36.2 Å². The summed E-state index contributed by atoms with van der Waals surface area (Å²) in [4.78, 5) is 24.5. The lowest BCUT2D eigenvalue weighted by Gasteiger charge is -2.37. The molecule has 1 aliphatic rings. The van der Waals surface area contributed by atoms with Crippen LogP contribution < -0.4 is 10.2 Å². The summed E-state index contributed by atoms with van der Waals surface area (Å²) in [6, 6.07) is 14.0. The molecule has 0 spiro atoms. The number of para-hydroxylation sites is 1. The van der Waals surface area contributed by atoms with Crippen LogP contribution in [0.5, 0.6) is 0 Å². The van der Waals surface area contributed by atoms with Gasteiger partial charge in [-0.05, 0) is 61.8 Å². The van der Waals surface area contributed by atoms with Crippen LogP contribution in [0.15, 0.2) is 42.5 Å². The van der Waals surface area contributed by atoms with Crippen LogP contribution in [-0.2, 0) is 4.79 Å². The summed E-state index contributed by atoms with van der Waals surface area (Å²) in [5.41, 5.74) is 3.37. The van der Waals surface area contributed by atoms with Crippen molar-refractivity contribution in [3.63, 3.8) is 0 Å². The van der Waals surface area contributed by atoms with Crippen LogP contribution in [0.25, 0.3) is 10.9 Å². The zero-order valence-electron chi connectivity index (χ0n) is 18.9. The number of aromatic nitrogens is 2. The first-order valence-electron chi connectivity index (χ1n) is 11.5. The molecule has 0 radical (unpaired) electrons. The average molecular weight is 484 g/mol. The highest BCUT2D eigenvalue weighted by Gasteiger charge is 2.21. The lowest BCUT2D eigenvalue weighted by molar-refractivity contribution is -0.131. The minimum Gasteiger partial charge on any atom is -0.369 e. The molecule has 1 fully saturated rings. The Labute approximate surface area is 205 Å². The summed E-state index contributed by atoms with van der Waals surface area (Å²) >= 11 is 11.4. The number of fused-ring (bicyclic) bond motifs is 1. The van der Waals surface area contributed by atoms with Gasteiger partial charge >= 0.3 is 0 Å². The maximum absolute atomic E-state index is 12.6. The first-order valence-corrected chi connectivity index (χ1v) is 12.3. The average Bonchev–Trinajstić information content (AvgIpc) is 2.82. The van der Waals surface area contributed by atoms with E-state index >= 15 is 0 Å². The van der Waals surface area contributed by atoms with Crippen molar-refractivity contribution in [2.45, 2.75) is 32.6 Å². The second-order valence-electron chi connectivity index (χ2n) is 8.47. The van der Waals surface area contributed by atoms with Gasteiger partial charge in [0.05, 0.1) is 5.52 Å². The van der Waals surface area contributed by atoms with Gasteiger partial charge in [0.2, 0.25) is 5.91 Å². The Hall–Kier alpha value is -2.64. The summed E-state index contributed by atoms with van der Waals surface area (Å²) < 4.78 is 0.479. The van der Waals surface area contributed by atoms with Crippen molar-refractivity contribution >= 4 is 52.1 Å². The molecule has 1 aromatic heterocycles. The fraction of sp³-hybridized carbons (Fsp3) is 0.400. The van der Waals surface area contributed by atoms with Crippen LogP contribution in [0.2, 0.25) is 5.02 Å². The molecule has 1 aliphatic heterocycles. The SMILES string of the molecule is Cc1ccc(Cl)cc1N1CCN(C(=O)CCCCCNc2nc(=S)[nH]c3ccccc23)CC1. The van der Waals surface area contributed by atoms with Crippen LogP contribution >= 0.6 is 23.8 Å². The zero-order chi connectivity index (χ0) is 23.2. The molecule has 0 unspecified atom stereocenters. The first-order chi connectivity index (χ1) is 16.0. The van der Waals surface area contributed by atoms with Crippen molar-refractivity contribution in [2.75, 3.05) is 42.9 Å². The first kappa shape index (κ1) is 23.5. The highest BCUT2D eigenvalue weighted by Crippen LogP contribution is 2.25. The number of benzene rings is 2. The summed E-state index contributed by atoms with van der Waals surface area (Å²) in [6.45, 7) is 6.12. The number of aryl methyl sites for hydroxylation is 1. The lowest BCUT2D eigenvalue weighted by atomic mass is 10.1. The number of amides is 1. The molecule has 2 aromatic carbocycles. The van der Waals surface area contributed by atoms with Crippen molar-refractivity contribution in [3.8, 4) is 0 Å². The minimum absolute atomic E-state index is 0.257. The quantitative estimate of drug-likeness (QED) is 0.323. The second kappa shape index (κ2) is 11.0. The van der Waals surface area contributed by atoms with Crippen LogP contribution in [0.3, 0.4) is 0 Å². The van der Waals surface area contributed by atoms with Gasteiger partial charge in [-0.3, -0.25) is 4.79 Å². The van der Waals surface area contributed by atoms with E-state index in [1.807, 2.05) is 41.3 Å². The van der Waals surface area contributed by atoms with E-state index in [9.17, 15) is 4.79 Å². The summed E-state index contributed by atoms with van der Waals surface area (Å²) in [7, 11) is 0. The summed E-state index contributed by atoms with van der Waals surface area (Å²) in [5, 5.41) is 5.19. The van der Waals surface area contributed by atoms with Gasteiger partial charge < -0.3 is 20.1 Å². The predicted molar refractivity (Wildman–Crippen MR) is 139 cm³/mol. The Kier molecular flexibility index (Phi) is 7.83. The third-order valence-electron chi connectivity index (χ3n) is 6.14. The number of hydrogen-bond donors (Lipinski definition) is 2. The molecular formula is C25H30ClN5OS. The number of anilines is 2. The van der Waals surface area contributed by atoms with Crippen molar-refractivity contribution in [3.05, 3.63) is 57.8 Å². The fourth-order valence-corrected chi connectivity index (χ4v) is 4.67. The number of carbonyl (C=O) groups is 1. The third kappa shape index (κ3) is 6.03. The number of hydrogen-bond acceptors (Lipinski definition) is 5. The van der Waals surface area contributed by atoms with Gasteiger partial charge in [-0.2, -0.15) is 0 Å². The van der Waals surface area contributed by atoms with Crippen molar-refractivity contribution in [1.82, 2.24) is 14.9 Å². The molecule has 174 valence electrons. The molecule has 1 amide bonds. The highest BCUT2D eigenvalue weighted by atomic mass is 35.5. The molecule has 0 atom stereocenters. The minimum atomic E-state index is 0.257. The molecule has 1 saturated heterocycles. The molecule has 4 rings (SSSR count). The smallest absolute Gasteiger partial charge is 0.222 e. The normalized spacial score (nSPS) is 14.0. The number of carbonyl (C=O) groups excluding carboxylic acids is 1. The van der Waals surface area contributed by atoms with Gasteiger partial charge in [0, 0.05) is 55.2 Å². The van der Waals surface area contributed by atoms with Crippen molar-refractivity contribution < 1.29 is 4.79 Å². The van der Waals surface area contributed by atoms with E-state index in [1.165, 1.54) is 11.3 Å². The van der Waals surface area contributed by atoms with Gasteiger partial charge in [-0.25, -0.2) is 4.98 Å². The standard InChI is InChI=1S/C25H30ClN5OS/c1-18-10-11-19(26)17-22(18)30-13-15-31(16-14-30)23(32)9-3-2-6-12-27-24-20-7-4-5-8-21(20)28-25(33)29-24/h4-5,7-8,10-11,17H,2-3,6,9,12-16H2,1H3,(H2,27,28,29,33). The molecule has 2 heterocycles. The van der Waals surface area contributed by atoms with Crippen LogP contribution in [-0.4, -0.2) is 53.5 Å². The van der Waals surface area contributed by atoms with Crippen LogP contribution in [0.1, 0.15) is 31.2 Å². The molecular weight excluding hydrogens is 454 g/mol. The molecule has 3 aromatic rings. The zero-order valence-corrected chi connectivity index (χ0v) is 20.5. The van der Waals surface area contributed by atoms with E-state index in [2.05, 4.69) is 33.2 Å². The molecule has 8 heteroatoms. The monoisotopic (exact) mass is 483 g/mol.